The molecule has 0 unspecified atom stereocenters. The summed E-state index contributed by atoms with van der Waals surface area (Å²) in [4.78, 5) is 25.0. The minimum Gasteiger partial charge on any atom is -0.367 e. The van der Waals surface area contributed by atoms with Crippen molar-refractivity contribution in [1.82, 2.24) is 10.3 Å². The summed E-state index contributed by atoms with van der Waals surface area (Å²) in [7, 11) is 0. The average Bonchev–Trinajstić information content (AvgIpc) is 2.89. The van der Waals surface area contributed by atoms with E-state index < -0.39 is 4.92 Å². The molecule has 1 amide bonds. The third-order valence-electron chi connectivity index (χ3n) is 2.52. The number of amides is 1. The summed E-state index contributed by atoms with van der Waals surface area (Å²) in [5.74, 6) is -0.364. The quantitative estimate of drug-likeness (QED) is 0.669. The van der Waals surface area contributed by atoms with Gasteiger partial charge in [0.1, 0.15) is 0 Å². The molecule has 7 heteroatoms. The van der Waals surface area contributed by atoms with Crippen LogP contribution in [0.4, 0.5) is 5.69 Å². The molecule has 0 spiro atoms. The molecule has 0 fully saturated rings. The van der Waals surface area contributed by atoms with Crippen molar-refractivity contribution in [3.63, 3.8) is 0 Å². The summed E-state index contributed by atoms with van der Waals surface area (Å²) in [5, 5.41) is 13.4. The normalized spacial score (nSPS) is 10.2. The SMILES string of the molecule is O=C(NCc1cc[nH]c1)c1cc([N+](=O)[O-])ccc1Br. The van der Waals surface area contributed by atoms with Crippen LogP contribution in [0.25, 0.3) is 0 Å². The van der Waals surface area contributed by atoms with Gasteiger partial charge in [0.15, 0.2) is 0 Å². The van der Waals surface area contributed by atoms with E-state index in [9.17, 15) is 14.9 Å². The Bertz CT molecular complexity index is 611. The van der Waals surface area contributed by atoms with Crippen molar-refractivity contribution in [2.75, 3.05) is 0 Å². The van der Waals surface area contributed by atoms with E-state index >= 15 is 0 Å². The van der Waals surface area contributed by atoms with Gasteiger partial charge in [-0.3, -0.25) is 14.9 Å². The van der Waals surface area contributed by atoms with Crippen LogP contribution in [0.3, 0.4) is 0 Å². The van der Waals surface area contributed by atoms with Crippen LogP contribution in [0.2, 0.25) is 0 Å². The van der Waals surface area contributed by atoms with Crippen molar-refractivity contribution in [3.05, 3.63) is 62.4 Å². The number of halogens is 1. The summed E-state index contributed by atoms with van der Waals surface area (Å²) < 4.78 is 0.518. The lowest BCUT2D eigenvalue weighted by Crippen LogP contribution is -2.23. The maximum Gasteiger partial charge on any atom is 0.270 e. The molecule has 0 atom stereocenters. The third kappa shape index (κ3) is 3.19. The second-order valence-electron chi connectivity index (χ2n) is 3.82. The Morgan fingerprint density at radius 2 is 2.21 bits per heavy atom. The van der Waals surface area contributed by atoms with Crippen LogP contribution >= 0.6 is 15.9 Å². The fourth-order valence-corrected chi connectivity index (χ4v) is 1.97. The molecule has 0 aliphatic carbocycles. The number of hydrogen-bond acceptors (Lipinski definition) is 3. The summed E-state index contributed by atoms with van der Waals surface area (Å²) in [6.07, 6.45) is 3.52. The van der Waals surface area contributed by atoms with Gasteiger partial charge in [-0.1, -0.05) is 0 Å². The molecular weight excluding hydrogens is 314 g/mol. The van der Waals surface area contributed by atoms with Crippen LogP contribution in [0, 0.1) is 10.1 Å². The van der Waals surface area contributed by atoms with Gasteiger partial charge >= 0.3 is 0 Å². The highest BCUT2D eigenvalue weighted by molar-refractivity contribution is 9.10. The summed E-state index contributed by atoms with van der Waals surface area (Å²) in [5.41, 5.74) is 1.05. The van der Waals surface area contributed by atoms with Gasteiger partial charge in [0.2, 0.25) is 0 Å². The number of nitro groups is 1. The van der Waals surface area contributed by atoms with Crippen molar-refractivity contribution in [1.29, 1.82) is 0 Å². The number of nitrogens with one attached hydrogen (secondary N) is 2. The predicted octanol–water partition coefficient (Wildman–Crippen LogP) is 2.62. The molecule has 19 heavy (non-hydrogen) atoms. The van der Waals surface area contributed by atoms with E-state index in [1.165, 1.54) is 18.2 Å². The first-order valence-corrected chi connectivity index (χ1v) is 6.21. The van der Waals surface area contributed by atoms with Gasteiger partial charge < -0.3 is 10.3 Å². The van der Waals surface area contributed by atoms with E-state index in [1.807, 2.05) is 6.07 Å². The second kappa shape index (κ2) is 5.66. The lowest BCUT2D eigenvalue weighted by atomic mass is 10.2. The van der Waals surface area contributed by atoms with Gasteiger partial charge in [-0.15, -0.1) is 0 Å². The molecule has 1 heterocycles. The zero-order chi connectivity index (χ0) is 13.8. The number of rotatable bonds is 4. The van der Waals surface area contributed by atoms with Crippen molar-refractivity contribution < 1.29 is 9.72 Å². The van der Waals surface area contributed by atoms with E-state index in [2.05, 4.69) is 26.2 Å². The Labute approximate surface area is 117 Å². The van der Waals surface area contributed by atoms with Crippen LogP contribution in [0.5, 0.6) is 0 Å². The van der Waals surface area contributed by atoms with Crippen LogP contribution in [0.15, 0.2) is 41.1 Å². The van der Waals surface area contributed by atoms with Gasteiger partial charge in [0.25, 0.3) is 11.6 Å². The van der Waals surface area contributed by atoms with E-state index in [0.717, 1.165) is 5.56 Å². The highest BCUT2D eigenvalue weighted by Gasteiger charge is 2.15. The first-order chi connectivity index (χ1) is 9.08. The summed E-state index contributed by atoms with van der Waals surface area (Å²) in [6.45, 7) is 0.359. The van der Waals surface area contributed by atoms with E-state index in [1.54, 1.807) is 12.4 Å². The van der Waals surface area contributed by atoms with E-state index in [-0.39, 0.29) is 17.2 Å². The van der Waals surface area contributed by atoms with Crippen molar-refractivity contribution in [2.24, 2.45) is 0 Å². The topological polar surface area (TPSA) is 88.0 Å². The zero-order valence-electron chi connectivity index (χ0n) is 9.72. The average molecular weight is 324 g/mol. The van der Waals surface area contributed by atoms with Crippen molar-refractivity contribution in [3.8, 4) is 0 Å². The fraction of sp³-hybridized carbons (Fsp3) is 0.0833. The molecule has 98 valence electrons. The number of carbonyl (C=O) groups excluding carboxylic acids is 1. The van der Waals surface area contributed by atoms with E-state index in [0.29, 0.717) is 11.0 Å². The Kier molecular flexibility index (Phi) is 3.96. The van der Waals surface area contributed by atoms with Crippen LogP contribution < -0.4 is 5.32 Å². The Morgan fingerprint density at radius 1 is 1.42 bits per heavy atom. The maximum atomic E-state index is 12.0. The number of carbonyl (C=O) groups is 1. The number of hydrogen-bond donors (Lipinski definition) is 2. The minimum atomic E-state index is -0.532. The van der Waals surface area contributed by atoms with Crippen LogP contribution in [-0.4, -0.2) is 15.8 Å². The molecule has 2 rings (SSSR count). The number of nitro benzene ring substituents is 1. The number of nitrogens with zero attached hydrogens (tertiary/aromatic N) is 1. The molecular formula is C12H10BrN3O3. The molecule has 2 aromatic rings. The molecule has 0 radical (unpaired) electrons. The number of aromatic nitrogens is 1. The molecule has 0 saturated heterocycles. The Hall–Kier alpha value is -2.15. The number of aromatic amines is 1. The predicted molar refractivity (Wildman–Crippen MR) is 72.8 cm³/mol. The fourth-order valence-electron chi connectivity index (χ4n) is 1.55. The summed E-state index contributed by atoms with van der Waals surface area (Å²) in [6, 6.07) is 5.91. The largest absolute Gasteiger partial charge is 0.367 e. The lowest BCUT2D eigenvalue weighted by molar-refractivity contribution is -0.384. The molecule has 1 aromatic carbocycles. The van der Waals surface area contributed by atoms with Crippen molar-refractivity contribution >= 4 is 27.5 Å². The van der Waals surface area contributed by atoms with Gasteiger partial charge in [-0.25, -0.2) is 0 Å². The third-order valence-corrected chi connectivity index (χ3v) is 3.21. The smallest absolute Gasteiger partial charge is 0.270 e. The van der Waals surface area contributed by atoms with Crippen molar-refractivity contribution in [2.45, 2.75) is 6.54 Å². The van der Waals surface area contributed by atoms with E-state index in [4.69, 9.17) is 0 Å². The minimum absolute atomic E-state index is 0.116. The van der Waals surface area contributed by atoms with Crippen LogP contribution in [0.1, 0.15) is 15.9 Å². The second-order valence-corrected chi connectivity index (χ2v) is 4.68. The highest BCUT2D eigenvalue weighted by atomic mass is 79.9. The Balaban J connectivity index is 2.14. The molecule has 0 aliphatic heterocycles. The molecule has 6 nitrogen and oxygen atoms in total. The van der Waals surface area contributed by atoms with Crippen LogP contribution in [-0.2, 0) is 6.54 Å². The molecule has 2 N–H and O–H groups in total. The number of non-ortho nitro benzene ring substituents is 1. The number of H-pyrrole nitrogens is 1. The lowest BCUT2D eigenvalue weighted by Gasteiger charge is -2.05. The maximum absolute atomic E-state index is 12.0. The molecule has 0 saturated carbocycles. The standard InChI is InChI=1S/C12H10BrN3O3/c13-11-2-1-9(16(18)19)5-10(11)12(17)15-7-8-3-4-14-6-8/h1-6,14H,7H2,(H,15,17). The zero-order valence-corrected chi connectivity index (χ0v) is 11.3. The molecule has 1 aromatic heterocycles. The van der Waals surface area contributed by atoms with Gasteiger partial charge in [0, 0.05) is 35.5 Å². The molecule has 0 bridgehead atoms. The monoisotopic (exact) mass is 323 g/mol. The van der Waals surface area contributed by atoms with Gasteiger partial charge in [-0.2, -0.15) is 0 Å². The number of benzene rings is 1. The highest BCUT2D eigenvalue weighted by Crippen LogP contribution is 2.22. The van der Waals surface area contributed by atoms with Gasteiger partial charge in [-0.05, 0) is 33.6 Å². The first-order valence-electron chi connectivity index (χ1n) is 5.42. The summed E-state index contributed by atoms with van der Waals surface area (Å²) >= 11 is 3.21. The van der Waals surface area contributed by atoms with Gasteiger partial charge in [0.05, 0.1) is 10.5 Å². The first kappa shape index (κ1) is 13.3. The Morgan fingerprint density at radius 3 is 2.84 bits per heavy atom. The molecule has 0 aliphatic rings.